The van der Waals surface area contributed by atoms with Gasteiger partial charge >= 0.3 is 0 Å². The number of hydrogen-bond acceptors (Lipinski definition) is 6. The summed E-state index contributed by atoms with van der Waals surface area (Å²) >= 11 is 0. The van der Waals surface area contributed by atoms with Gasteiger partial charge in [-0.1, -0.05) is 0 Å². The molecule has 0 saturated carbocycles. The molecule has 1 heterocycles. The predicted octanol–water partition coefficient (Wildman–Crippen LogP) is 1.19. The van der Waals surface area contributed by atoms with Gasteiger partial charge in [-0.05, 0) is 13.8 Å². The van der Waals surface area contributed by atoms with E-state index < -0.39 is 0 Å². The number of aromatic nitrogens is 2. The van der Waals surface area contributed by atoms with E-state index in [4.69, 9.17) is 15.7 Å². The number of nitrogens with two attached hydrogens (primary N) is 1. The molecule has 1 aromatic heterocycles. The standard InChI is InChI=1S/C12H19N5O/c1-4-17(7-9(2)6-13)12-5-10(14)15-11(16-12)8-18-3/h5,9H,4,7-8H2,1-3H3,(H2,14,15,16). The van der Waals surface area contributed by atoms with Crippen molar-refractivity contribution >= 4 is 11.6 Å². The molecule has 6 nitrogen and oxygen atoms in total. The van der Waals surface area contributed by atoms with E-state index in [1.54, 1.807) is 13.2 Å². The molecule has 0 aliphatic heterocycles. The molecule has 0 aliphatic carbocycles. The van der Waals surface area contributed by atoms with E-state index in [1.165, 1.54) is 0 Å². The summed E-state index contributed by atoms with van der Waals surface area (Å²) in [5.74, 6) is 1.64. The lowest BCUT2D eigenvalue weighted by Crippen LogP contribution is -2.29. The van der Waals surface area contributed by atoms with Crippen molar-refractivity contribution in [2.75, 3.05) is 30.8 Å². The number of anilines is 2. The topological polar surface area (TPSA) is 88.1 Å². The molecule has 0 fully saturated rings. The van der Waals surface area contributed by atoms with E-state index in [9.17, 15) is 0 Å². The second kappa shape index (κ2) is 6.77. The van der Waals surface area contributed by atoms with Crippen molar-refractivity contribution in [3.05, 3.63) is 11.9 Å². The maximum atomic E-state index is 8.87. The van der Waals surface area contributed by atoms with Crippen LogP contribution in [0.25, 0.3) is 0 Å². The van der Waals surface area contributed by atoms with Gasteiger partial charge in [0.15, 0.2) is 5.82 Å². The minimum absolute atomic E-state index is 0.0629. The molecule has 98 valence electrons. The Balaban J connectivity index is 2.94. The van der Waals surface area contributed by atoms with Gasteiger partial charge in [-0.3, -0.25) is 0 Å². The summed E-state index contributed by atoms with van der Waals surface area (Å²) in [4.78, 5) is 10.5. The predicted molar refractivity (Wildman–Crippen MR) is 69.8 cm³/mol. The molecule has 1 atom stereocenters. The Morgan fingerprint density at radius 3 is 2.83 bits per heavy atom. The summed E-state index contributed by atoms with van der Waals surface area (Å²) in [5.41, 5.74) is 5.75. The first-order valence-electron chi connectivity index (χ1n) is 5.87. The Labute approximate surface area is 107 Å². The molecule has 0 spiro atoms. The molecular formula is C12H19N5O. The van der Waals surface area contributed by atoms with Crippen LogP contribution in [0.4, 0.5) is 11.6 Å². The van der Waals surface area contributed by atoms with Crippen LogP contribution in [-0.2, 0) is 11.3 Å². The Hall–Kier alpha value is -1.87. The average Bonchev–Trinajstić information content (AvgIpc) is 2.35. The quantitative estimate of drug-likeness (QED) is 0.814. The fourth-order valence-corrected chi connectivity index (χ4v) is 1.61. The van der Waals surface area contributed by atoms with Crippen molar-refractivity contribution in [1.82, 2.24) is 9.97 Å². The van der Waals surface area contributed by atoms with Crippen LogP contribution in [0, 0.1) is 17.2 Å². The van der Waals surface area contributed by atoms with E-state index in [1.807, 2.05) is 18.7 Å². The van der Waals surface area contributed by atoms with Crippen LogP contribution in [-0.4, -0.2) is 30.2 Å². The average molecular weight is 249 g/mol. The lowest BCUT2D eigenvalue weighted by atomic mass is 10.2. The third-order valence-electron chi connectivity index (χ3n) is 2.47. The first-order valence-corrected chi connectivity index (χ1v) is 5.87. The van der Waals surface area contributed by atoms with Crippen LogP contribution in [0.2, 0.25) is 0 Å². The fourth-order valence-electron chi connectivity index (χ4n) is 1.61. The van der Waals surface area contributed by atoms with Gasteiger partial charge in [-0.15, -0.1) is 0 Å². The Bertz CT molecular complexity index is 429. The highest BCUT2D eigenvalue weighted by atomic mass is 16.5. The second-order valence-corrected chi connectivity index (χ2v) is 4.07. The zero-order valence-electron chi connectivity index (χ0n) is 11.1. The van der Waals surface area contributed by atoms with Crippen LogP contribution in [0.15, 0.2) is 6.07 Å². The summed E-state index contributed by atoms with van der Waals surface area (Å²) in [6.45, 7) is 5.59. The van der Waals surface area contributed by atoms with Crippen LogP contribution >= 0.6 is 0 Å². The van der Waals surface area contributed by atoms with Crippen LogP contribution in [0.1, 0.15) is 19.7 Å². The molecule has 0 saturated heterocycles. The highest BCUT2D eigenvalue weighted by Crippen LogP contribution is 2.15. The van der Waals surface area contributed by atoms with Gasteiger partial charge in [0.25, 0.3) is 0 Å². The summed E-state index contributed by atoms with van der Waals surface area (Å²) in [5, 5.41) is 8.87. The van der Waals surface area contributed by atoms with E-state index in [0.717, 1.165) is 12.4 Å². The summed E-state index contributed by atoms with van der Waals surface area (Å²) in [7, 11) is 1.58. The lowest BCUT2D eigenvalue weighted by Gasteiger charge is -2.23. The second-order valence-electron chi connectivity index (χ2n) is 4.07. The van der Waals surface area contributed by atoms with E-state index >= 15 is 0 Å². The minimum atomic E-state index is -0.0629. The highest BCUT2D eigenvalue weighted by molar-refractivity contribution is 5.47. The minimum Gasteiger partial charge on any atom is -0.384 e. The molecular weight excluding hydrogens is 230 g/mol. The molecule has 1 aromatic rings. The maximum Gasteiger partial charge on any atom is 0.158 e. The Kier molecular flexibility index (Phi) is 5.33. The van der Waals surface area contributed by atoms with Gasteiger partial charge in [0.1, 0.15) is 18.2 Å². The molecule has 0 amide bonds. The van der Waals surface area contributed by atoms with Crippen molar-refractivity contribution in [2.24, 2.45) is 5.92 Å². The monoisotopic (exact) mass is 249 g/mol. The lowest BCUT2D eigenvalue weighted by molar-refractivity contribution is 0.178. The molecule has 0 radical (unpaired) electrons. The number of nitriles is 1. The third-order valence-corrected chi connectivity index (χ3v) is 2.47. The normalized spacial score (nSPS) is 11.9. The highest BCUT2D eigenvalue weighted by Gasteiger charge is 2.12. The van der Waals surface area contributed by atoms with Gasteiger partial charge in [0.2, 0.25) is 0 Å². The zero-order valence-corrected chi connectivity index (χ0v) is 11.1. The van der Waals surface area contributed by atoms with Crippen molar-refractivity contribution in [2.45, 2.75) is 20.5 Å². The SMILES string of the molecule is CCN(CC(C)C#N)c1cc(N)nc(COC)n1. The number of methoxy groups -OCH3 is 1. The molecule has 0 aliphatic rings. The summed E-state index contributed by atoms with van der Waals surface area (Å²) in [6, 6.07) is 3.93. The smallest absolute Gasteiger partial charge is 0.158 e. The van der Waals surface area contributed by atoms with Crippen molar-refractivity contribution in [1.29, 1.82) is 5.26 Å². The summed E-state index contributed by atoms with van der Waals surface area (Å²) in [6.07, 6.45) is 0. The van der Waals surface area contributed by atoms with Gasteiger partial charge in [-0.2, -0.15) is 5.26 Å². The molecule has 0 aromatic carbocycles. The first kappa shape index (κ1) is 14.2. The van der Waals surface area contributed by atoms with Gasteiger partial charge in [0, 0.05) is 26.3 Å². The van der Waals surface area contributed by atoms with E-state index in [2.05, 4.69) is 16.0 Å². The van der Waals surface area contributed by atoms with Crippen LogP contribution in [0.5, 0.6) is 0 Å². The Morgan fingerprint density at radius 2 is 2.28 bits per heavy atom. The number of rotatable bonds is 6. The van der Waals surface area contributed by atoms with Gasteiger partial charge in [0.05, 0.1) is 12.0 Å². The molecule has 0 bridgehead atoms. The maximum absolute atomic E-state index is 8.87. The van der Waals surface area contributed by atoms with Gasteiger partial charge in [-0.25, -0.2) is 9.97 Å². The molecule has 1 rings (SSSR count). The van der Waals surface area contributed by atoms with Crippen molar-refractivity contribution in [3.63, 3.8) is 0 Å². The summed E-state index contributed by atoms with van der Waals surface area (Å²) < 4.78 is 5.00. The number of nitrogen functional groups attached to an aromatic ring is 1. The van der Waals surface area contributed by atoms with E-state index in [-0.39, 0.29) is 5.92 Å². The van der Waals surface area contributed by atoms with Crippen LogP contribution < -0.4 is 10.6 Å². The molecule has 1 unspecified atom stereocenters. The number of ether oxygens (including phenoxy) is 1. The fraction of sp³-hybridized carbons (Fsp3) is 0.583. The number of hydrogen-bond donors (Lipinski definition) is 1. The van der Waals surface area contributed by atoms with Crippen molar-refractivity contribution in [3.8, 4) is 6.07 Å². The molecule has 2 N–H and O–H groups in total. The number of nitrogens with zero attached hydrogens (tertiary/aromatic N) is 4. The third kappa shape index (κ3) is 3.86. The van der Waals surface area contributed by atoms with Crippen LogP contribution in [0.3, 0.4) is 0 Å². The Morgan fingerprint density at radius 1 is 1.56 bits per heavy atom. The molecule has 6 heteroatoms. The zero-order chi connectivity index (χ0) is 13.5. The first-order chi connectivity index (χ1) is 8.60. The van der Waals surface area contributed by atoms with E-state index in [0.29, 0.717) is 24.8 Å². The molecule has 18 heavy (non-hydrogen) atoms. The largest absolute Gasteiger partial charge is 0.384 e. The van der Waals surface area contributed by atoms with Crippen molar-refractivity contribution < 1.29 is 4.74 Å². The van der Waals surface area contributed by atoms with Gasteiger partial charge < -0.3 is 15.4 Å².